The van der Waals surface area contributed by atoms with Gasteiger partial charge in [0.05, 0.1) is 12.6 Å². The van der Waals surface area contributed by atoms with Gasteiger partial charge in [0, 0.05) is 18.9 Å². The lowest BCUT2D eigenvalue weighted by atomic mass is 10.0. The van der Waals surface area contributed by atoms with Crippen LogP contribution in [0, 0.1) is 0 Å². The topological polar surface area (TPSA) is 74.2 Å². The van der Waals surface area contributed by atoms with Crippen LogP contribution in [0.4, 0.5) is 4.79 Å². The molecule has 0 radical (unpaired) electrons. The second-order valence-corrected chi connectivity index (χ2v) is 4.70. The maximum absolute atomic E-state index is 11.5. The highest BCUT2D eigenvalue weighted by Gasteiger charge is 2.09. The van der Waals surface area contributed by atoms with Gasteiger partial charge in [-0.25, -0.2) is 4.79 Å². The van der Waals surface area contributed by atoms with Crippen molar-refractivity contribution in [2.24, 2.45) is 0 Å². The summed E-state index contributed by atoms with van der Waals surface area (Å²) in [6.07, 6.45) is 3.53. The minimum atomic E-state index is -0.283. The third-order valence-electron chi connectivity index (χ3n) is 3.17. The monoisotopic (exact) mass is 285 g/mol. The third-order valence-corrected chi connectivity index (χ3v) is 3.17. The molecule has 0 spiro atoms. The molecular formula is C16H19N3O2. The summed E-state index contributed by atoms with van der Waals surface area (Å²) in [6.45, 7) is 2.10. The van der Waals surface area contributed by atoms with E-state index >= 15 is 0 Å². The summed E-state index contributed by atoms with van der Waals surface area (Å²) in [4.78, 5) is 15.5. The van der Waals surface area contributed by atoms with Crippen molar-refractivity contribution >= 4 is 6.03 Å². The molecule has 21 heavy (non-hydrogen) atoms. The van der Waals surface area contributed by atoms with Crippen molar-refractivity contribution in [2.75, 3.05) is 13.2 Å². The molecule has 2 rings (SSSR count). The molecule has 0 bridgehead atoms. The van der Waals surface area contributed by atoms with Crippen LogP contribution < -0.4 is 10.6 Å². The molecule has 0 saturated heterocycles. The zero-order valence-electron chi connectivity index (χ0n) is 11.9. The maximum atomic E-state index is 11.5. The Morgan fingerprint density at radius 2 is 1.76 bits per heavy atom. The Kier molecular flexibility index (Phi) is 5.29. The van der Waals surface area contributed by atoms with E-state index in [0.717, 1.165) is 16.7 Å². The van der Waals surface area contributed by atoms with Crippen LogP contribution in [0.3, 0.4) is 0 Å². The summed E-state index contributed by atoms with van der Waals surface area (Å²) in [5.41, 5.74) is 3.24. The van der Waals surface area contributed by atoms with Gasteiger partial charge in [-0.05, 0) is 35.7 Å². The lowest BCUT2D eigenvalue weighted by Crippen LogP contribution is -2.38. The summed E-state index contributed by atoms with van der Waals surface area (Å²) in [5, 5.41) is 14.0. The van der Waals surface area contributed by atoms with Gasteiger partial charge in [0.15, 0.2) is 0 Å². The first-order valence-corrected chi connectivity index (χ1v) is 6.86. The normalized spacial score (nSPS) is 11.7. The van der Waals surface area contributed by atoms with E-state index in [2.05, 4.69) is 15.6 Å². The average molecular weight is 285 g/mol. The molecule has 110 valence electrons. The summed E-state index contributed by atoms with van der Waals surface area (Å²) >= 11 is 0. The van der Waals surface area contributed by atoms with Crippen molar-refractivity contribution < 1.29 is 9.90 Å². The molecule has 0 fully saturated rings. The van der Waals surface area contributed by atoms with Crippen molar-refractivity contribution in [1.29, 1.82) is 0 Å². The number of urea groups is 1. The van der Waals surface area contributed by atoms with Crippen LogP contribution in [0.15, 0.2) is 48.8 Å². The highest BCUT2D eigenvalue weighted by atomic mass is 16.3. The summed E-state index contributed by atoms with van der Waals surface area (Å²) in [5.74, 6) is 0. The van der Waals surface area contributed by atoms with Crippen molar-refractivity contribution in [2.45, 2.75) is 13.0 Å². The van der Waals surface area contributed by atoms with Gasteiger partial charge < -0.3 is 15.7 Å². The Labute approximate surface area is 124 Å². The van der Waals surface area contributed by atoms with Crippen LogP contribution in [0.5, 0.6) is 0 Å². The first-order chi connectivity index (χ1) is 10.2. The fourth-order valence-electron chi connectivity index (χ4n) is 2.01. The number of nitrogens with one attached hydrogen (secondary N) is 2. The van der Waals surface area contributed by atoms with E-state index in [4.69, 9.17) is 5.11 Å². The van der Waals surface area contributed by atoms with E-state index in [9.17, 15) is 4.79 Å². The molecule has 1 unspecified atom stereocenters. The van der Waals surface area contributed by atoms with Gasteiger partial charge in [-0.2, -0.15) is 0 Å². The number of aliphatic hydroxyl groups excluding tert-OH is 1. The minimum Gasteiger partial charge on any atom is -0.395 e. The largest absolute Gasteiger partial charge is 0.395 e. The highest BCUT2D eigenvalue weighted by Crippen LogP contribution is 2.21. The van der Waals surface area contributed by atoms with Crippen LogP contribution >= 0.6 is 0 Å². The molecule has 0 aliphatic heterocycles. The van der Waals surface area contributed by atoms with Gasteiger partial charge in [0.1, 0.15) is 0 Å². The van der Waals surface area contributed by atoms with Crippen molar-refractivity contribution in [3.05, 3.63) is 54.4 Å². The Balaban J connectivity index is 2.00. The van der Waals surface area contributed by atoms with Gasteiger partial charge >= 0.3 is 6.03 Å². The number of hydrogen-bond acceptors (Lipinski definition) is 3. The summed E-state index contributed by atoms with van der Waals surface area (Å²) in [6, 6.07) is 11.6. The van der Waals surface area contributed by atoms with Crippen LogP contribution in [0.1, 0.15) is 18.5 Å². The molecule has 5 heteroatoms. The standard InChI is InChI=1S/C16H19N3O2/c1-12(19-16(21)18-10-11-20)13-2-4-14(5-3-13)15-6-8-17-9-7-15/h2-9,12,20H,10-11H2,1H3,(H2,18,19,21). The molecule has 1 aromatic heterocycles. The van der Waals surface area contributed by atoms with Gasteiger partial charge in [0.2, 0.25) is 0 Å². The predicted octanol–water partition coefficient (Wildman–Crippen LogP) is 2.10. The van der Waals surface area contributed by atoms with Gasteiger partial charge in [-0.1, -0.05) is 24.3 Å². The fraction of sp³-hybridized carbons (Fsp3) is 0.250. The molecule has 0 aliphatic carbocycles. The Morgan fingerprint density at radius 3 is 2.38 bits per heavy atom. The van der Waals surface area contributed by atoms with E-state index in [-0.39, 0.29) is 25.2 Å². The lowest BCUT2D eigenvalue weighted by molar-refractivity contribution is 0.231. The third kappa shape index (κ3) is 4.29. The molecule has 2 aromatic rings. The van der Waals surface area contributed by atoms with Gasteiger partial charge in [-0.3, -0.25) is 4.98 Å². The number of aromatic nitrogens is 1. The number of amides is 2. The minimum absolute atomic E-state index is 0.0670. The van der Waals surface area contributed by atoms with Crippen LogP contribution in [-0.4, -0.2) is 29.3 Å². The number of aliphatic hydroxyl groups is 1. The second kappa shape index (κ2) is 7.40. The SMILES string of the molecule is CC(NC(=O)NCCO)c1ccc(-c2ccncc2)cc1. The van der Waals surface area contributed by atoms with Crippen molar-refractivity contribution in [3.8, 4) is 11.1 Å². The van der Waals surface area contributed by atoms with Crippen LogP contribution in [-0.2, 0) is 0 Å². The van der Waals surface area contributed by atoms with E-state index in [0.29, 0.717) is 0 Å². The summed E-state index contributed by atoms with van der Waals surface area (Å²) < 4.78 is 0. The van der Waals surface area contributed by atoms with Gasteiger partial charge in [-0.15, -0.1) is 0 Å². The van der Waals surface area contributed by atoms with E-state index < -0.39 is 0 Å². The first-order valence-electron chi connectivity index (χ1n) is 6.86. The van der Waals surface area contributed by atoms with E-state index in [1.165, 1.54) is 0 Å². The average Bonchev–Trinajstić information content (AvgIpc) is 2.54. The van der Waals surface area contributed by atoms with Crippen LogP contribution in [0.2, 0.25) is 0 Å². The maximum Gasteiger partial charge on any atom is 0.315 e. The zero-order valence-corrected chi connectivity index (χ0v) is 11.9. The number of pyridine rings is 1. The molecule has 2 amide bonds. The Morgan fingerprint density at radius 1 is 1.14 bits per heavy atom. The molecule has 1 atom stereocenters. The molecule has 1 aromatic carbocycles. The van der Waals surface area contributed by atoms with Crippen LogP contribution in [0.25, 0.3) is 11.1 Å². The highest BCUT2D eigenvalue weighted by molar-refractivity contribution is 5.74. The number of nitrogens with zero attached hydrogens (tertiary/aromatic N) is 1. The number of hydrogen-bond donors (Lipinski definition) is 3. The lowest BCUT2D eigenvalue weighted by Gasteiger charge is -2.15. The number of benzene rings is 1. The smallest absolute Gasteiger partial charge is 0.315 e. The quantitative estimate of drug-likeness (QED) is 0.787. The number of rotatable bonds is 5. The first kappa shape index (κ1) is 15.0. The number of carbonyl (C=O) groups excluding carboxylic acids is 1. The summed E-state index contributed by atoms with van der Waals surface area (Å²) in [7, 11) is 0. The van der Waals surface area contributed by atoms with E-state index in [1.807, 2.05) is 43.3 Å². The van der Waals surface area contributed by atoms with E-state index in [1.54, 1.807) is 12.4 Å². The van der Waals surface area contributed by atoms with Crippen molar-refractivity contribution in [3.63, 3.8) is 0 Å². The second-order valence-electron chi connectivity index (χ2n) is 4.70. The molecule has 0 saturated carbocycles. The predicted molar refractivity (Wildman–Crippen MR) is 81.7 cm³/mol. The molecule has 0 aliphatic rings. The zero-order chi connectivity index (χ0) is 15.1. The molecule has 1 heterocycles. The molecule has 5 nitrogen and oxygen atoms in total. The molecular weight excluding hydrogens is 266 g/mol. The Bertz CT molecular complexity index is 570. The number of carbonyl (C=O) groups is 1. The fourth-order valence-corrected chi connectivity index (χ4v) is 2.01. The Hall–Kier alpha value is -2.40. The van der Waals surface area contributed by atoms with Crippen molar-refractivity contribution in [1.82, 2.24) is 15.6 Å². The van der Waals surface area contributed by atoms with Gasteiger partial charge in [0.25, 0.3) is 0 Å². The molecule has 3 N–H and O–H groups in total.